The van der Waals surface area contributed by atoms with Crippen molar-refractivity contribution < 1.29 is 29.2 Å². The van der Waals surface area contributed by atoms with Crippen LogP contribution in [-0.4, -0.2) is 51.9 Å². The van der Waals surface area contributed by atoms with E-state index in [4.69, 9.17) is 18.9 Å². The van der Waals surface area contributed by atoms with E-state index in [9.17, 15) is 10.2 Å². The largest absolute Gasteiger partial charge is 0.493 e. The van der Waals surface area contributed by atoms with Crippen molar-refractivity contribution in [2.45, 2.75) is 12.3 Å². The lowest BCUT2D eigenvalue weighted by molar-refractivity contribution is 0.101. The van der Waals surface area contributed by atoms with Gasteiger partial charge in [0.2, 0.25) is 0 Å². The normalized spacial score (nSPS) is 21.0. The maximum Gasteiger partial charge on any atom is 0.161 e. The Balaban J connectivity index is 2.20. The SMILES string of the molecule is COc1ccc(C2c3cc(OC)c(OC)cc3CC(CO)C2CO)cc1OC. The van der Waals surface area contributed by atoms with Gasteiger partial charge >= 0.3 is 0 Å². The Kier molecular flexibility index (Phi) is 6.31. The Morgan fingerprint density at radius 1 is 0.786 bits per heavy atom. The second-order valence-corrected chi connectivity index (χ2v) is 6.99. The van der Waals surface area contributed by atoms with Crippen LogP contribution in [0.25, 0.3) is 0 Å². The summed E-state index contributed by atoms with van der Waals surface area (Å²) in [6, 6.07) is 9.73. The summed E-state index contributed by atoms with van der Waals surface area (Å²) in [7, 11) is 6.42. The fraction of sp³-hybridized carbons (Fsp3) is 0.455. The van der Waals surface area contributed by atoms with Crippen molar-refractivity contribution >= 4 is 0 Å². The van der Waals surface area contributed by atoms with E-state index in [1.165, 1.54) is 0 Å². The highest BCUT2D eigenvalue weighted by Crippen LogP contribution is 2.48. The van der Waals surface area contributed by atoms with Crippen molar-refractivity contribution in [2.75, 3.05) is 41.7 Å². The van der Waals surface area contributed by atoms with Crippen LogP contribution in [0.2, 0.25) is 0 Å². The van der Waals surface area contributed by atoms with Crippen molar-refractivity contribution in [3.63, 3.8) is 0 Å². The lowest BCUT2D eigenvalue weighted by Gasteiger charge is -2.39. The van der Waals surface area contributed by atoms with Crippen molar-refractivity contribution in [3.8, 4) is 23.0 Å². The van der Waals surface area contributed by atoms with E-state index in [1.807, 2.05) is 30.3 Å². The number of hydrogen-bond donors (Lipinski definition) is 2. The zero-order valence-electron chi connectivity index (χ0n) is 16.8. The number of rotatable bonds is 7. The molecule has 3 atom stereocenters. The highest BCUT2D eigenvalue weighted by molar-refractivity contribution is 5.54. The molecule has 0 bridgehead atoms. The minimum atomic E-state index is -0.131. The first-order chi connectivity index (χ1) is 13.6. The number of ether oxygens (including phenoxy) is 4. The summed E-state index contributed by atoms with van der Waals surface area (Å²) in [5.74, 6) is 2.27. The fourth-order valence-corrected chi connectivity index (χ4v) is 4.27. The summed E-state index contributed by atoms with van der Waals surface area (Å²) in [5.41, 5.74) is 3.14. The summed E-state index contributed by atoms with van der Waals surface area (Å²) >= 11 is 0. The van der Waals surface area contributed by atoms with E-state index < -0.39 is 0 Å². The minimum absolute atomic E-state index is 0.00278. The molecule has 6 heteroatoms. The third-order valence-corrected chi connectivity index (χ3v) is 5.71. The van der Waals surface area contributed by atoms with E-state index in [2.05, 4.69) is 0 Å². The maximum atomic E-state index is 10.2. The van der Waals surface area contributed by atoms with Gasteiger partial charge in [-0.05, 0) is 59.2 Å². The van der Waals surface area contributed by atoms with E-state index in [1.54, 1.807) is 28.4 Å². The Morgan fingerprint density at radius 3 is 1.96 bits per heavy atom. The summed E-state index contributed by atoms with van der Waals surface area (Å²) in [6.07, 6.45) is 0.668. The van der Waals surface area contributed by atoms with Crippen LogP contribution in [-0.2, 0) is 6.42 Å². The van der Waals surface area contributed by atoms with Crippen molar-refractivity contribution in [1.29, 1.82) is 0 Å². The molecule has 2 aromatic rings. The monoisotopic (exact) mass is 388 g/mol. The van der Waals surface area contributed by atoms with Gasteiger partial charge in [-0.3, -0.25) is 0 Å². The molecule has 0 fully saturated rings. The summed E-state index contributed by atoms with van der Waals surface area (Å²) in [4.78, 5) is 0. The highest BCUT2D eigenvalue weighted by Gasteiger charge is 2.38. The van der Waals surface area contributed by atoms with Gasteiger partial charge in [0.15, 0.2) is 23.0 Å². The molecule has 0 aromatic heterocycles. The average molecular weight is 388 g/mol. The van der Waals surface area contributed by atoms with Crippen LogP contribution in [0.4, 0.5) is 0 Å². The Hall–Kier alpha value is -2.44. The van der Waals surface area contributed by atoms with Gasteiger partial charge in [0.1, 0.15) is 0 Å². The smallest absolute Gasteiger partial charge is 0.161 e. The van der Waals surface area contributed by atoms with Gasteiger partial charge < -0.3 is 29.2 Å². The fourth-order valence-electron chi connectivity index (χ4n) is 4.27. The summed E-state index contributed by atoms with van der Waals surface area (Å²) in [5, 5.41) is 20.2. The summed E-state index contributed by atoms with van der Waals surface area (Å²) in [6.45, 7) is -0.0270. The first-order valence-corrected chi connectivity index (χ1v) is 9.30. The molecular weight excluding hydrogens is 360 g/mol. The molecule has 0 heterocycles. The van der Waals surface area contributed by atoms with E-state index >= 15 is 0 Å². The van der Waals surface area contributed by atoms with E-state index in [0.717, 1.165) is 16.7 Å². The van der Waals surface area contributed by atoms with Gasteiger partial charge in [-0.25, -0.2) is 0 Å². The van der Waals surface area contributed by atoms with Crippen molar-refractivity contribution in [1.82, 2.24) is 0 Å². The maximum absolute atomic E-state index is 10.2. The second-order valence-electron chi connectivity index (χ2n) is 6.99. The highest BCUT2D eigenvalue weighted by atomic mass is 16.5. The summed E-state index contributed by atoms with van der Waals surface area (Å²) < 4.78 is 21.8. The van der Waals surface area contributed by atoms with Gasteiger partial charge in [0, 0.05) is 19.1 Å². The number of fused-ring (bicyclic) bond motifs is 1. The number of benzene rings is 2. The molecule has 0 amide bonds. The number of methoxy groups -OCH3 is 4. The predicted molar refractivity (Wildman–Crippen MR) is 106 cm³/mol. The molecule has 0 saturated carbocycles. The number of aliphatic hydroxyl groups excluding tert-OH is 2. The Morgan fingerprint density at radius 2 is 1.39 bits per heavy atom. The van der Waals surface area contributed by atoms with E-state index in [0.29, 0.717) is 29.4 Å². The first kappa shape index (κ1) is 20.3. The quantitative estimate of drug-likeness (QED) is 0.759. The van der Waals surface area contributed by atoms with Gasteiger partial charge in [-0.15, -0.1) is 0 Å². The molecule has 2 N–H and O–H groups in total. The van der Waals surface area contributed by atoms with E-state index in [-0.39, 0.29) is 31.0 Å². The lowest BCUT2D eigenvalue weighted by atomic mass is 9.67. The van der Waals surface area contributed by atoms with Gasteiger partial charge in [-0.1, -0.05) is 6.07 Å². The average Bonchev–Trinajstić information content (AvgIpc) is 2.75. The lowest BCUT2D eigenvalue weighted by Crippen LogP contribution is -2.35. The number of aliphatic hydroxyl groups is 2. The Bertz CT molecular complexity index is 819. The van der Waals surface area contributed by atoms with Crippen molar-refractivity contribution in [2.24, 2.45) is 11.8 Å². The molecule has 1 aliphatic rings. The molecule has 1 aliphatic carbocycles. The van der Waals surface area contributed by atoms with Crippen LogP contribution in [0.5, 0.6) is 23.0 Å². The minimum Gasteiger partial charge on any atom is -0.493 e. The third-order valence-electron chi connectivity index (χ3n) is 5.71. The third kappa shape index (κ3) is 3.50. The second kappa shape index (κ2) is 8.71. The van der Waals surface area contributed by atoms with Gasteiger partial charge in [0.05, 0.1) is 28.4 Å². The zero-order valence-corrected chi connectivity index (χ0v) is 16.8. The molecular formula is C22H28O6. The molecule has 0 aliphatic heterocycles. The van der Waals surface area contributed by atoms with Gasteiger partial charge in [-0.2, -0.15) is 0 Å². The molecule has 2 aromatic carbocycles. The van der Waals surface area contributed by atoms with Gasteiger partial charge in [0.25, 0.3) is 0 Å². The molecule has 0 spiro atoms. The first-order valence-electron chi connectivity index (χ1n) is 9.30. The topological polar surface area (TPSA) is 77.4 Å². The molecule has 152 valence electrons. The molecule has 3 unspecified atom stereocenters. The zero-order chi connectivity index (χ0) is 20.3. The van der Waals surface area contributed by atoms with Crippen LogP contribution in [0, 0.1) is 11.8 Å². The van der Waals surface area contributed by atoms with Crippen LogP contribution in [0.3, 0.4) is 0 Å². The van der Waals surface area contributed by atoms with Crippen LogP contribution >= 0.6 is 0 Å². The molecule has 0 radical (unpaired) electrons. The van der Waals surface area contributed by atoms with Crippen LogP contribution in [0.1, 0.15) is 22.6 Å². The number of hydrogen-bond acceptors (Lipinski definition) is 6. The molecule has 6 nitrogen and oxygen atoms in total. The van der Waals surface area contributed by atoms with Crippen molar-refractivity contribution in [3.05, 3.63) is 47.0 Å². The molecule has 0 saturated heterocycles. The molecule has 28 heavy (non-hydrogen) atoms. The van der Waals surface area contributed by atoms with Crippen LogP contribution in [0.15, 0.2) is 30.3 Å². The Labute approximate surface area is 165 Å². The standard InChI is InChI=1S/C22H28O6/c1-25-18-6-5-13(8-19(18)26-2)22-16-10-21(28-4)20(27-3)9-14(16)7-15(11-23)17(22)12-24/h5-6,8-10,15,17,22-24H,7,11-12H2,1-4H3. The van der Waals surface area contributed by atoms with Crippen LogP contribution < -0.4 is 18.9 Å². The predicted octanol–water partition coefficient (Wildman–Crippen LogP) is 2.63. The molecule has 3 rings (SSSR count).